The Hall–Kier alpha value is -2.25. The number of aryl methyl sites for hydroxylation is 1. The summed E-state index contributed by atoms with van der Waals surface area (Å²) in [6.07, 6.45) is 0.483. The minimum absolute atomic E-state index is 0.0332. The number of hydrogen-bond donors (Lipinski definition) is 2. The summed E-state index contributed by atoms with van der Waals surface area (Å²) < 4.78 is 39.0. The Morgan fingerprint density at radius 2 is 1.92 bits per heavy atom. The number of amides is 1. The van der Waals surface area contributed by atoms with Gasteiger partial charge in [0.05, 0.1) is 4.90 Å². The summed E-state index contributed by atoms with van der Waals surface area (Å²) >= 11 is 0. The van der Waals surface area contributed by atoms with Crippen molar-refractivity contribution >= 4 is 15.9 Å². The van der Waals surface area contributed by atoms with Crippen LogP contribution in [0.2, 0.25) is 0 Å². The van der Waals surface area contributed by atoms with Crippen molar-refractivity contribution in [2.24, 2.45) is 0 Å². The Bertz CT molecular complexity index is 851. The minimum atomic E-state index is -3.61. The first kappa shape index (κ1) is 18.1. The number of carbonyl (C=O) groups excluding carboxylic acids is 1. The molecule has 1 amide bonds. The van der Waals surface area contributed by atoms with Crippen molar-refractivity contribution in [1.82, 2.24) is 10.0 Å². The summed E-state index contributed by atoms with van der Waals surface area (Å²) in [4.78, 5) is 12.3. The summed E-state index contributed by atoms with van der Waals surface area (Å²) in [6.45, 7) is 2.06. The number of sulfonamides is 1. The lowest BCUT2D eigenvalue weighted by Gasteiger charge is -2.10. The number of nitrogens with one attached hydrogen (secondary N) is 2. The average molecular weight is 350 g/mol. The SMILES string of the molecule is CNS(=O)(=O)c1ccc(C)c(C(=O)NCCc2cccc(F)c2)c1. The molecule has 2 N–H and O–H groups in total. The summed E-state index contributed by atoms with van der Waals surface area (Å²) in [6, 6.07) is 10.6. The van der Waals surface area contributed by atoms with Gasteiger partial charge in [0.25, 0.3) is 5.91 Å². The van der Waals surface area contributed by atoms with Crippen LogP contribution in [0.25, 0.3) is 0 Å². The molecule has 0 radical (unpaired) electrons. The summed E-state index contributed by atoms with van der Waals surface area (Å²) in [7, 11) is -2.30. The predicted molar refractivity (Wildman–Crippen MR) is 89.9 cm³/mol. The Labute approximate surface area is 141 Å². The molecule has 0 saturated carbocycles. The van der Waals surface area contributed by atoms with Gasteiger partial charge >= 0.3 is 0 Å². The van der Waals surface area contributed by atoms with Crippen molar-refractivity contribution in [2.75, 3.05) is 13.6 Å². The Kier molecular flexibility index (Phi) is 5.69. The highest BCUT2D eigenvalue weighted by Gasteiger charge is 2.16. The highest BCUT2D eigenvalue weighted by molar-refractivity contribution is 7.89. The molecule has 24 heavy (non-hydrogen) atoms. The zero-order valence-electron chi connectivity index (χ0n) is 13.5. The van der Waals surface area contributed by atoms with Crippen LogP contribution in [-0.4, -0.2) is 27.9 Å². The number of halogens is 1. The molecule has 2 aromatic rings. The van der Waals surface area contributed by atoms with Crippen molar-refractivity contribution in [3.63, 3.8) is 0 Å². The minimum Gasteiger partial charge on any atom is -0.352 e. The molecule has 0 atom stereocenters. The van der Waals surface area contributed by atoms with Crippen molar-refractivity contribution in [2.45, 2.75) is 18.2 Å². The van der Waals surface area contributed by atoms with Crippen LogP contribution < -0.4 is 10.0 Å². The fourth-order valence-corrected chi connectivity index (χ4v) is 2.99. The van der Waals surface area contributed by atoms with Crippen LogP contribution in [0.1, 0.15) is 21.5 Å². The van der Waals surface area contributed by atoms with Gasteiger partial charge in [-0.2, -0.15) is 0 Å². The van der Waals surface area contributed by atoms with Gasteiger partial charge in [0.2, 0.25) is 10.0 Å². The van der Waals surface area contributed by atoms with Crippen LogP contribution in [0.4, 0.5) is 4.39 Å². The van der Waals surface area contributed by atoms with Gasteiger partial charge in [0, 0.05) is 12.1 Å². The van der Waals surface area contributed by atoms with E-state index >= 15 is 0 Å². The summed E-state index contributed by atoms with van der Waals surface area (Å²) in [5.74, 6) is -0.684. The maximum absolute atomic E-state index is 13.1. The lowest BCUT2D eigenvalue weighted by molar-refractivity contribution is 0.0953. The molecule has 0 aliphatic heterocycles. The van der Waals surface area contributed by atoms with E-state index in [2.05, 4.69) is 10.0 Å². The third kappa shape index (κ3) is 4.39. The summed E-state index contributed by atoms with van der Waals surface area (Å²) in [5, 5.41) is 2.73. The fourth-order valence-electron chi connectivity index (χ4n) is 2.24. The first-order chi connectivity index (χ1) is 11.3. The van der Waals surface area contributed by atoms with Gasteiger partial charge < -0.3 is 5.32 Å². The van der Waals surface area contributed by atoms with Crippen LogP contribution in [-0.2, 0) is 16.4 Å². The Morgan fingerprint density at radius 1 is 1.17 bits per heavy atom. The Balaban J connectivity index is 2.08. The molecular formula is C17H19FN2O3S. The van der Waals surface area contributed by atoms with Crippen LogP contribution in [0.15, 0.2) is 47.4 Å². The number of carbonyl (C=O) groups is 1. The second-order valence-corrected chi connectivity index (χ2v) is 7.21. The van der Waals surface area contributed by atoms with Crippen molar-refractivity contribution < 1.29 is 17.6 Å². The van der Waals surface area contributed by atoms with E-state index in [9.17, 15) is 17.6 Å². The molecule has 0 fully saturated rings. The molecule has 0 heterocycles. The largest absolute Gasteiger partial charge is 0.352 e. The van der Waals surface area contributed by atoms with Crippen LogP contribution >= 0.6 is 0 Å². The molecule has 5 nitrogen and oxygen atoms in total. The van der Waals surface area contributed by atoms with E-state index < -0.39 is 10.0 Å². The smallest absolute Gasteiger partial charge is 0.251 e. The molecule has 2 aromatic carbocycles. The molecule has 0 aromatic heterocycles. The van der Waals surface area contributed by atoms with Gasteiger partial charge in [-0.05, 0) is 55.8 Å². The Morgan fingerprint density at radius 3 is 2.58 bits per heavy atom. The molecule has 0 saturated heterocycles. The van der Waals surface area contributed by atoms with E-state index in [0.29, 0.717) is 24.1 Å². The summed E-state index contributed by atoms with van der Waals surface area (Å²) in [5.41, 5.74) is 1.75. The van der Waals surface area contributed by atoms with E-state index in [1.54, 1.807) is 25.1 Å². The third-order valence-corrected chi connectivity index (χ3v) is 5.03. The van der Waals surface area contributed by atoms with Crippen LogP contribution in [0.5, 0.6) is 0 Å². The highest BCUT2D eigenvalue weighted by Crippen LogP contribution is 2.15. The molecule has 0 bridgehead atoms. The van der Waals surface area contributed by atoms with Crippen molar-refractivity contribution in [1.29, 1.82) is 0 Å². The normalized spacial score (nSPS) is 11.3. The van der Waals surface area contributed by atoms with Gasteiger partial charge in [0.1, 0.15) is 5.82 Å². The molecule has 128 valence electrons. The van der Waals surface area contributed by atoms with Gasteiger partial charge in [-0.3, -0.25) is 4.79 Å². The monoisotopic (exact) mass is 350 g/mol. The van der Waals surface area contributed by atoms with E-state index in [1.807, 2.05) is 0 Å². The standard InChI is InChI=1S/C17H19FN2O3S/c1-12-6-7-15(24(22,23)19-2)11-16(12)17(21)20-9-8-13-4-3-5-14(18)10-13/h3-7,10-11,19H,8-9H2,1-2H3,(H,20,21). The second kappa shape index (κ2) is 7.55. The zero-order valence-corrected chi connectivity index (χ0v) is 14.3. The van der Waals surface area contributed by atoms with Crippen molar-refractivity contribution in [3.05, 3.63) is 65.0 Å². The quantitative estimate of drug-likeness (QED) is 0.837. The van der Waals surface area contributed by atoms with Crippen LogP contribution in [0, 0.1) is 12.7 Å². The molecule has 0 unspecified atom stereocenters. The lowest BCUT2D eigenvalue weighted by atomic mass is 10.1. The maximum atomic E-state index is 13.1. The van der Waals surface area contributed by atoms with Crippen molar-refractivity contribution in [3.8, 4) is 0 Å². The highest BCUT2D eigenvalue weighted by atomic mass is 32.2. The number of hydrogen-bond acceptors (Lipinski definition) is 3. The average Bonchev–Trinajstić information content (AvgIpc) is 2.55. The molecule has 7 heteroatoms. The molecular weight excluding hydrogens is 331 g/mol. The zero-order chi connectivity index (χ0) is 17.7. The van der Waals surface area contributed by atoms with E-state index in [4.69, 9.17) is 0 Å². The molecule has 0 spiro atoms. The fraction of sp³-hybridized carbons (Fsp3) is 0.235. The number of rotatable bonds is 6. The van der Waals surface area contributed by atoms with Gasteiger partial charge in [-0.25, -0.2) is 17.5 Å². The topological polar surface area (TPSA) is 75.3 Å². The van der Waals surface area contributed by atoms with E-state index in [-0.39, 0.29) is 16.6 Å². The van der Waals surface area contributed by atoms with Gasteiger partial charge in [0.15, 0.2) is 0 Å². The lowest BCUT2D eigenvalue weighted by Crippen LogP contribution is -2.27. The van der Waals surface area contributed by atoms with Crippen LogP contribution in [0.3, 0.4) is 0 Å². The molecule has 2 rings (SSSR count). The maximum Gasteiger partial charge on any atom is 0.251 e. The first-order valence-corrected chi connectivity index (χ1v) is 8.88. The molecule has 0 aliphatic carbocycles. The third-order valence-electron chi connectivity index (χ3n) is 3.62. The van der Waals surface area contributed by atoms with Gasteiger partial charge in [-0.1, -0.05) is 18.2 Å². The predicted octanol–water partition coefficient (Wildman–Crippen LogP) is 2.01. The second-order valence-electron chi connectivity index (χ2n) is 5.32. The van der Waals surface area contributed by atoms with E-state index in [1.165, 1.54) is 31.3 Å². The first-order valence-electron chi connectivity index (χ1n) is 7.40. The molecule has 0 aliphatic rings. The number of benzene rings is 2. The van der Waals surface area contributed by atoms with E-state index in [0.717, 1.165) is 5.56 Å². The van der Waals surface area contributed by atoms with Gasteiger partial charge in [-0.15, -0.1) is 0 Å².